The first-order chi connectivity index (χ1) is 16.5. The summed E-state index contributed by atoms with van der Waals surface area (Å²) in [5.41, 5.74) is 1.39. The van der Waals surface area contributed by atoms with Crippen LogP contribution < -0.4 is 71.7 Å². The molecule has 0 fully saturated rings. The molecule has 0 saturated carbocycles. The number of benzene rings is 2. The number of hydrogen-bond donors (Lipinski definition) is 1. The van der Waals surface area contributed by atoms with E-state index >= 15 is 0 Å². The van der Waals surface area contributed by atoms with Gasteiger partial charge in [0.2, 0.25) is 0 Å². The van der Waals surface area contributed by atoms with Gasteiger partial charge in [0.05, 0.1) is 18.2 Å². The minimum Gasteiger partial charge on any atom is -0.846 e. The first kappa shape index (κ1) is 26.8. The molecule has 0 amide bonds. The van der Waals surface area contributed by atoms with Crippen LogP contribution in [0.15, 0.2) is 63.9 Å². The number of carbonyl (C=O) groups is 1. The second kappa shape index (κ2) is 12.7. The zero-order chi connectivity index (χ0) is 23.9. The number of carbonyl (C=O) groups excluding carboxylic acids is 1. The molecule has 2 aromatic carbocycles. The molecule has 4 aromatic rings. The van der Waals surface area contributed by atoms with E-state index in [2.05, 4.69) is 22.0 Å². The maximum atomic E-state index is 12.2. The van der Waals surface area contributed by atoms with Gasteiger partial charge in [-0.3, -0.25) is 0 Å². The van der Waals surface area contributed by atoms with E-state index in [1.807, 2.05) is 29.2 Å². The van der Waals surface area contributed by atoms with Crippen LogP contribution in [-0.2, 0) is 0 Å². The molecule has 0 aliphatic carbocycles. The monoisotopic (exact) mass is 500 g/mol. The largest absolute Gasteiger partial charge is 1.00 e. The van der Waals surface area contributed by atoms with Crippen LogP contribution in [-0.4, -0.2) is 32.7 Å². The van der Waals surface area contributed by atoms with Crippen molar-refractivity contribution in [1.29, 1.82) is 0 Å². The number of esters is 1. The molecule has 0 aliphatic rings. The van der Waals surface area contributed by atoms with E-state index in [-0.39, 0.29) is 56.9 Å². The molecule has 10 nitrogen and oxygen atoms in total. The van der Waals surface area contributed by atoms with Crippen molar-refractivity contribution in [2.75, 3.05) is 6.61 Å². The number of ether oxygens (including phenoxy) is 2. The van der Waals surface area contributed by atoms with Crippen LogP contribution in [0.25, 0.3) is 22.6 Å². The molecule has 4 rings (SSSR count). The summed E-state index contributed by atoms with van der Waals surface area (Å²) < 4.78 is 16.1. The third kappa shape index (κ3) is 7.32. The Morgan fingerprint density at radius 2 is 1.74 bits per heavy atom. The fraction of sp³-hybridized carbons (Fsp3) is 0.208. The van der Waals surface area contributed by atoms with E-state index in [4.69, 9.17) is 14.0 Å². The van der Waals surface area contributed by atoms with Crippen molar-refractivity contribution in [2.45, 2.75) is 26.2 Å². The first-order valence-electron chi connectivity index (χ1n) is 10.7. The number of H-pyrrole nitrogens is 1. The third-order valence-corrected chi connectivity index (χ3v) is 4.87. The smallest absolute Gasteiger partial charge is 0.846 e. The summed E-state index contributed by atoms with van der Waals surface area (Å²) >= 11 is 0. The van der Waals surface area contributed by atoms with E-state index in [1.54, 1.807) is 18.2 Å². The second-order valence-corrected chi connectivity index (χ2v) is 7.36. The fourth-order valence-electron chi connectivity index (χ4n) is 3.12. The van der Waals surface area contributed by atoms with Gasteiger partial charge in [0.1, 0.15) is 11.4 Å². The zero-order valence-corrected chi connectivity index (χ0v) is 22.4. The van der Waals surface area contributed by atoms with Gasteiger partial charge in [-0.2, -0.15) is 4.98 Å². The molecule has 0 atom stereocenters. The van der Waals surface area contributed by atoms with E-state index in [1.165, 1.54) is 12.1 Å². The van der Waals surface area contributed by atoms with Crippen molar-refractivity contribution < 1.29 is 75.3 Å². The van der Waals surface area contributed by atoms with Crippen LogP contribution in [0, 0.1) is 0 Å². The molecule has 1 N–H and O–H groups in total. The Bertz CT molecular complexity index is 1320. The summed E-state index contributed by atoms with van der Waals surface area (Å²) in [5.74, 6) is 0.587. The average molecular weight is 501 g/mol. The Kier molecular flexibility index (Phi) is 9.75. The van der Waals surface area contributed by atoms with Crippen LogP contribution in [0.2, 0.25) is 0 Å². The molecule has 0 saturated heterocycles. The molecule has 11 heteroatoms. The summed E-state index contributed by atoms with van der Waals surface area (Å²) in [6.07, 6.45) is 3.32. The predicted octanol–water partition coefficient (Wildman–Crippen LogP) is 0.353. The molecule has 0 spiro atoms. The maximum absolute atomic E-state index is 12.2. The number of hydrogen-bond acceptors (Lipinski definition) is 9. The Labute approximate surface area is 243 Å². The minimum atomic E-state index is -0.950. The molecule has 0 radical (unpaired) electrons. The van der Waals surface area contributed by atoms with Crippen LogP contribution in [0.1, 0.15) is 36.5 Å². The van der Waals surface area contributed by atoms with Crippen molar-refractivity contribution in [2.24, 2.45) is 0 Å². The minimum absolute atomic E-state index is 0. The van der Waals surface area contributed by atoms with Crippen LogP contribution in [0.3, 0.4) is 0 Å². The van der Waals surface area contributed by atoms with Gasteiger partial charge in [0.15, 0.2) is 5.76 Å². The number of unbranched alkanes of at least 4 members (excludes halogenated alkanes) is 2. The van der Waals surface area contributed by atoms with Gasteiger partial charge >= 0.3 is 69.1 Å². The van der Waals surface area contributed by atoms with E-state index in [0.717, 1.165) is 36.1 Å². The van der Waals surface area contributed by atoms with E-state index in [9.17, 15) is 14.7 Å². The Morgan fingerprint density at radius 3 is 2.43 bits per heavy atom. The van der Waals surface area contributed by atoms with Crippen LogP contribution in [0.5, 0.6) is 17.8 Å². The molecule has 35 heavy (non-hydrogen) atoms. The van der Waals surface area contributed by atoms with Crippen LogP contribution in [0.4, 0.5) is 0 Å². The molecular weight excluding hydrogens is 479 g/mol. The van der Waals surface area contributed by atoms with Gasteiger partial charge in [-0.1, -0.05) is 37.1 Å². The van der Waals surface area contributed by atoms with Crippen molar-refractivity contribution in [3.63, 3.8) is 0 Å². The first-order valence-corrected chi connectivity index (χ1v) is 10.7. The Morgan fingerprint density at radius 1 is 1.03 bits per heavy atom. The van der Waals surface area contributed by atoms with Crippen molar-refractivity contribution in [1.82, 2.24) is 20.1 Å². The summed E-state index contributed by atoms with van der Waals surface area (Å²) in [6.45, 7) is 2.85. The standard InChI is InChI=1S/C24H22N4O6.K/c1-2-3-4-13-32-18-11-9-16(10-12-18)20-14-19(28-34-20)15-5-7-17(8-6-15)21(29)33-24-26-22(30)25-23(31)27-24;/h5-12,14H,2-4,13H2,1H3,(H2,25,26,27,30,31);/q;+1/p-1. The SMILES string of the molecule is CCCCCOc1ccc(-c2cc(-c3ccc(C(=O)Oc4nc([O-])[nH]c(=O)n4)cc3)no2)cc1.[K+]. The van der Waals surface area contributed by atoms with E-state index < -0.39 is 23.7 Å². The quantitative estimate of drug-likeness (QED) is 0.196. The predicted molar refractivity (Wildman–Crippen MR) is 119 cm³/mol. The molecule has 2 heterocycles. The zero-order valence-electron chi connectivity index (χ0n) is 19.3. The van der Waals surface area contributed by atoms with Gasteiger partial charge in [-0.25, -0.2) is 9.59 Å². The summed E-state index contributed by atoms with van der Waals surface area (Å²) in [4.78, 5) is 31.9. The van der Waals surface area contributed by atoms with Gasteiger partial charge in [0, 0.05) is 17.2 Å². The third-order valence-electron chi connectivity index (χ3n) is 4.87. The number of aromatic nitrogens is 4. The second-order valence-electron chi connectivity index (χ2n) is 7.36. The summed E-state index contributed by atoms with van der Waals surface area (Å²) in [7, 11) is 0. The molecule has 0 bridgehead atoms. The maximum Gasteiger partial charge on any atom is 1.00 e. The molecule has 0 unspecified atom stereocenters. The van der Waals surface area contributed by atoms with Crippen molar-refractivity contribution in [3.8, 4) is 40.4 Å². The molecule has 0 aliphatic heterocycles. The van der Waals surface area contributed by atoms with Crippen LogP contribution >= 0.6 is 0 Å². The molecular formula is C24H21KN4O6. The van der Waals surface area contributed by atoms with Crippen molar-refractivity contribution in [3.05, 3.63) is 70.6 Å². The van der Waals surface area contributed by atoms with Gasteiger partial charge < -0.3 is 24.1 Å². The summed E-state index contributed by atoms with van der Waals surface area (Å²) in [6, 6.07) is 14.2. The molecule has 174 valence electrons. The topological polar surface area (TPSA) is 143 Å². The number of nitrogens with zero attached hydrogens (tertiary/aromatic N) is 3. The normalized spacial score (nSPS) is 10.4. The number of nitrogens with one attached hydrogen (secondary N) is 1. The van der Waals surface area contributed by atoms with E-state index in [0.29, 0.717) is 18.1 Å². The van der Waals surface area contributed by atoms with Gasteiger partial charge in [-0.05, 0) is 42.8 Å². The summed E-state index contributed by atoms with van der Waals surface area (Å²) in [5, 5.41) is 15.3. The van der Waals surface area contributed by atoms with Gasteiger partial charge in [0.25, 0.3) is 0 Å². The molecule has 2 aromatic heterocycles. The Hall–Kier alpha value is -2.83. The average Bonchev–Trinajstić information content (AvgIpc) is 3.32. The number of rotatable bonds is 9. The Balaban J connectivity index is 0.00000342. The number of aromatic amines is 1. The fourth-order valence-corrected chi connectivity index (χ4v) is 3.12. The van der Waals surface area contributed by atoms with Gasteiger partial charge in [-0.15, -0.1) is 4.98 Å². The van der Waals surface area contributed by atoms with Crippen molar-refractivity contribution >= 4 is 5.97 Å².